The summed E-state index contributed by atoms with van der Waals surface area (Å²) in [6.45, 7) is 2.04. The minimum absolute atomic E-state index is 0.0123. The molecular weight excluding hydrogens is 365 g/mol. The zero-order valence-corrected chi connectivity index (χ0v) is 15.5. The molecule has 124 valence electrons. The normalized spacial score (nSPS) is 12.2. The number of nitrogens with one attached hydrogen (secondary N) is 1. The van der Waals surface area contributed by atoms with Crippen LogP contribution in [0.5, 0.6) is 0 Å². The van der Waals surface area contributed by atoms with Gasteiger partial charge < -0.3 is 10.2 Å². The van der Waals surface area contributed by atoms with Crippen LogP contribution in [0.4, 0.5) is 10.1 Å². The molecule has 3 nitrogen and oxygen atoms in total. The Bertz CT molecular complexity index is 863. The molecule has 1 atom stereocenters. The highest BCUT2D eigenvalue weighted by atomic mass is 35.5. The maximum Gasteiger partial charge on any atom is 0.173 e. The Morgan fingerprint density at radius 3 is 2.79 bits per heavy atom. The summed E-state index contributed by atoms with van der Waals surface area (Å²) in [5.74, 6) is -0.454. The molecule has 1 aromatic heterocycles. The molecule has 0 aliphatic carbocycles. The van der Waals surface area contributed by atoms with Crippen molar-refractivity contribution >= 4 is 56.2 Å². The first-order valence-corrected chi connectivity index (χ1v) is 8.90. The van der Waals surface area contributed by atoms with Crippen molar-refractivity contribution in [2.24, 2.45) is 0 Å². The molecule has 0 bridgehead atoms. The second-order valence-electron chi connectivity index (χ2n) is 5.37. The molecule has 0 spiro atoms. The van der Waals surface area contributed by atoms with E-state index in [1.807, 2.05) is 37.1 Å². The standard InChI is InChI=1S/C17H15ClFN3S2/c1-10(16-21-14-5-3-4-6-15(14)24-16)22(2)17(23)20-11-7-8-13(19)12(18)9-11/h3-10H,1-2H3,(H,20,23)/t10-/m0/s1. The van der Waals surface area contributed by atoms with Crippen LogP contribution in [-0.4, -0.2) is 22.0 Å². The van der Waals surface area contributed by atoms with E-state index in [0.29, 0.717) is 10.8 Å². The molecule has 0 fully saturated rings. The second kappa shape index (κ2) is 7.01. The molecule has 0 aliphatic rings. The highest BCUT2D eigenvalue weighted by molar-refractivity contribution is 7.80. The lowest BCUT2D eigenvalue weighted by atomic mass is 10.3. The molecule has 3 rings (SSSR count). The molecule has 1 N–H and O–H groups in total. The van der Waals surface area contributed by atoms with Crippen LogP contribution >= 0.6 is 35.2 Å². The van der Waals surface area contributed by atoms with Gasteiger partial charge >= 0.3 is 0 Å². The maximum atomic E-state index is 13.2. The van der Waals surface area contributed by atoms with Gasteiger partial charge in [-0.15, -0.1) is 11.3 Å². The van der Waals surface area contributed by atoms with E-state index < -0.39 is 5.82 Å². The third-order valence-corrected chi connectivity index (χ3v) is 5.63. The van der Waals surface area contributed by atoms with Crippen LogP contribution in [0.2, 0.25) is 5.02 Å². The van der Waals surface area contributed by atoms with Crippen molar-refractivity contribution in [1.82, 2.24) is 9.88 Å². The van der Waals surface area contributed by atoms with Crippen LogP contribution in [0.15, 0.2) is 42.5 Å². The summed E-state index contributed by atoms with van der Waals surface area (Å²) >= 11 is 12.9. The van der Waals surface area contributed by atoms with E-state index in [0.717, 1.165) is 15.2 Å². The highest BCUT2D eigenvalue weighted by Crippen LogP contribution is 2.29. The summed E-state index contributed by atoms with van der Waals surface area (Å²) in [6.07, 6.45) is 0. The van der Waals surface area contributed by atoms with Gasteiger partial charge in [-0.3, -0.25) is 0 Å². The molecule has 0 radical (unpaired) electrons. The van der Waals surface area contributed by atoms with Gasteiger partial charge in [0.2, 0.25) is 0 Å². The van der Waals surface area contributed by atoms with Gasteiger partial charge in [0.15, 0.2) is 5.11 Å². The predicted octanol–water partition coefficient (Wildman–Crippen LogP) is 5.48. The van der Waals surface area contributed by atoms with E-state index in [1.54, 1.807) is 17.4 Å². The van der Waals surface area contributed by atoms with Crippen LogP contribution in [0.3, 0.4) is 0 Å². The first-order valence-electron chi connectivity index (χ1n) is 7.30. The third kappa shape index (κ3) is 3.50. The van der Waals surface area contributed by atoms with E-state index in [2.05, 4.69) is 16.4 Å². The smallest absolute Gasteiger partial charge is 0.173 e. The minimum Gasteiger partial charge on any atom is -0.343 e. The predicted molar refractivity (Wildman–Crippen MR) is 103 cm³/mol. The number of rotatable bonds is 3. The van der Waals surface area contributed by atoms with E-state index >= 15 is 0 Å². The largest absolute Gasteiger partial charge is 0.343 e. The zero-order valence-electron chi connectivity index (χ0n) is 13.1. The summed E-state index contributed by atoms with van der Waals surface area (Å²) in [4.78, 5) is 6.59. The fourth-order valence-electron chi connectivity index (χ4n) is 2.20. The number of thiazole rings is 1. The molecule has 0 amide bonds. The van der Waals surface area contributed by atoms with Crippen LogP contribution in [-0.2, 0) is 0 Å². The molecule has 2 aromatic carbocycles. The Kier molecular flexibility index (Phi) is 4.99. The molecule has 7 heteroatoms. The summed E-state index contributed by atoms with van der Waals surface area (Å²) in [6, 6.07) is 12.5. The molecular formula is C17H15ClFN3S2. The van der Waals surface area contributed by atoms with Crippen LogP contribution < -0.4 is 5.32 Å². The molecule has 1 heterocycles. The number of nitrogens with zero attached hydrogens (tertiary/aromatic N) is 2. The third-order valence-electron chi connectivity index (χ3n) is 3.74. The number of thiocarbonyl (C=S) groups is 1. The van der Waals surface area contributed by atoms with Crippen molar-refractivity contribution in [3.05, 3.63) is 58.3 Å². The summed E-state index contributed by atoms with van der Waals surface area (Å²) in [7, 11) is 1.90. The maximum absolute atomic E-state index is 13.2. The number of fused-ring (bicyclic) bond motifs is 1. The van der Waals surface area contributed by atoms with E-state index in [1.165, 1.54) is 12.1 Å². The Morgan fingerprint density at radius 2 is 2.08 bits per heavy atom. The molecule has 0 unspecified atom stereocenters. The summed E-state index contributed by atoms with van der Waals surface area (Å²) in [5, 5.41) is 4.64. The van der Waals surface area contributed by atoms with E-state index in [-0.39, 0.29) is 11.1 Å². The minimum atomic E-state index is -0.454. The lowest BCUT2D eigenvalue weighted by Gasteiger charge is -2.26. The lowest BCUT2D eigenvalue weighted by molar-refractivity contribution is 0.407. The van der Waals surface area contributed by atoms with Crippen molar-refractivity contribution < 1.29 is 4.39 Å². The number of benzene rings is 2. The van der Waals surface area contributed by atoms with Gasteiger partial charge in [-0.1, -0.05) is 23.7 Å². The number of hydrogen-bond donors (Lipinski definition) is 1. The summed E-state index contributed by atoms with van der Waals surface area (Å²) < 4.78 is 14.4. The Morgan fingerprint density at radius 1 is 1.33 bits per heavy atom. The monoisotopic (exact) mass is 379 g/mol. The van der Waals surface area contributed by atoms with Crippen molar-refractivity contribution in [2.75, 3.05) is 12.4 Å². The average molecular weight is 380 g/mol. The van der Waals surface area contributed by atoms with Gasteiger partial charge in [-0.05, 0) is 49.5 Å². The number of anilines is 1. The van der Waals surface area contributed by atoms with Crippen molar-refractivity contribution in [3.8, 4) is 0 Å². The van der Waals surface area contributed by atoms with Gasteiger partial charge in [-0.2, -0.15) is 0 Å². The van der Waals surface area contributed by atoms with Crippen LogP contribution in [0.1, 0.15) is 18.0 Å². The summed E-state index contributed by atoms with van der Waals surface area (Å²) in [5.41, 5.74) is 1.64. The molecule has 0 aliphatic heterocycles. The molecule has 3 aromatic rings. The SMILES string of the molecule is C[C@@H](c1nc2ccccc2s1)N(C)C(=S)Nc1ccc(F)c(Cl)c1. The van der Waals surface area contributed by atoms with Crippen LogP contribution in [0, 0.1) is 5.82 Å². The first kappa shape index (κ1) is 17.1. The Balaban J connectivity index is 1.75. The van der Waals surface area contributed by atoms with Crippen molar-refractivity contribution in [3.63, 3.8) is 0 Å². The Hall–Kier alpha value is -1.76. The van der Waals surface area contributed by atoms with E-state index in [9.17, 15) is 4.39 Å². The van der Waals surface area contributed by atoms with Crippen LogP contribution in [0.25, 0.3) is 10.2 Å². The molecule has 0 saturated heterocycles. The lowest BCUT2D eigenvalue weighted by Crippen LogP contribution is -2.33. The van der Waals surface area contributed by atoms with Gasteiger partial charge in [0.05, 0.1) is 21.3 Å². The molecule has 24 heavy (non-hydrogen) atoms. The highest BCUT2D eigenvalue weighted by Gasteiger charge is 2.18. The second-order valence-corrected chi connectivity index (χ2v) is 7.22. The number of halogens is 2. The molecule has 0 saturated carbocycles. The van der Waals surface area contributed by atoms with Crippen molar-refractivity contribution in [2.45, 2.75) is 13.0 Å². The number of aromatic nitrogens is 1. The number of para-hydroxylation sites is 1. The number of hydrogen-bond acceptors (Lipinski definition) is 3. The zero-order chi connectivity index (χ0) is 17.3. The quantitative estimate of drug-likeness (QED) is 0.610. The first-order chi connectivity index (χ1) is 11.5. The van der Waals surface area contributed by atoms with E-state index in [4.69, 9.17) is 23.8 Å². The fraction of sp³-hybridized carbons (Fsp3) is 0.176. The Labute approximate surface area is 154 Å². The van der Waals surface area contributed by atoms with Gasteiger partial charge in [0.1, 0.15) is 10.8 Å². The van der Waals surface area contributed by atoms with Gasteiger partial charge in [0.25, 0.3) is 0 Å². The fourth-order valence-corrected chi connectivity index (χ4v) is 3.72. The topological polar surface area (TPSA) is 28.2 Å². The van der Waals surface area contributed by atoms with Crippen molar-refractivity contribution in [1.29, 1.82) is 0 Å². The van der Waals surface area contributed by atoms with Gasteiger partial charge in [0, 0.05) is 12.7 Å². The van der Waals surface area contributed by atoms with Gasteiger partial charge in [-0.25, -0.2) is 9.37 Å². The average Bonchev–Trinajstić information content (AvgIpc) is 3.01.